The summed E-state index contributed by atoms with van der Waals surface area (Å²) in [7, 11) is -7.16. The number of nitrogens with one attached hydrogen (secondary N) is 2. The average molecular weight is 419 g/mol. The molecule has 0 saturated carbocycles. The van der Waals surface area contributed by atoms with Gasteiger partial charge in [-0.3, -0.25) is 4.72 Å². The number of hydrogen-bond acceptors (Lipinski definition) is 7. The van der Waals surface area contributed by atoms with Crippen molar-refractivity contribution < 1.29 is 16.8 Å². The SMILES string of the molecule is CS(=O)(=O)Nc1ccc(-c2ccnc(Nc3cccc(S(N)(=O)=O)c3)n2)cc1. The van der Waals surface area contributed by atoms with Gasteiger partial charge >= 0.3 is 0 Å². The molecule has 9 nitrogen and oxygen atoms in total. The molecule has 0 unspecified atom stereocenters. The minimum atomic E-state index is -3.82. The van der Waals surface area contributed by atoms with E-state index < -0.39 is 20.0 Å². The number of aromatic nitrogens is 2. The van der Waals surface area contributed by atoms with Crippen LogP contribution in [-0.4, -0.2) is 33.1 Å². The molecule has 2 aromatic carbocycles. The lowest BCUT2D eigenvalue weighted by atomic mass is 10.1. The lowest BCUT2D eigenvalue weighted by molar-refractivity contribution is 0.597. The molecule has 1 aromatic heterocycles. The van der Waals surface area contributed by atoms with Crippen LogP contribution in [-0.2, 0) is 20.0 Å². The van der Waals surface area contributed by atoms with Crippen LogP contribution in [0.15, 0.2) is 65.7 Å². The van der Waals surface area contributed by atoms with Crippen molar-refractivity contribution in [2.24, 2.45) is 5.14 Å². The summed E-state index contributed by atoms with van der Waals surface area (Å²) in [4.78, 5) is 8.49. The summed E-state index contributed by atoms with van der Waals surface area (Å²) >= 11 is 0. The van der Waals surface area contributed by atoms with Gasteiger partial charge in [0.15, 0.2) is 0 Å². The molecular weight excluding hydrogens is 402 g/mol. The van der Waals surface area contributed by atoms with Gasteiger partial charge in [-0.25, -0.2) is 31.9 Å². The summed E-state index contributed by atoms with van der Waals surface area (Å²) in [5, 5.41) is 8.08. The van der Waals surface area contributed by atoms with E-state index in [0.717, 1.165) is 11.8 Å². The number of rotatable bonds is 6. The average Bonchev–Trinajstić information content (AvgIpc) is 2.61. The van der Waals surface area contributed by atoms with Crippen molar-refractivity contribution >= 4 is 37.4 Å². The number of nitrogens with two attached hydrogens (primary N) is 1. The van der Waals surface area contributed by atoms with Crippen molar-refractivity contribution in [3.05, 3.63) is 60.8 Å². The molecule has 4 N–H and O–H groups in total. The number of sulfonamides is 2. The van der Waals surface area contributed by atoms with Crippen LogP contribution in [0.5, 0.6) is 0 Å². The summed E-state index contributed by atoms with van der Waals surface area (Å²) < 4.78 is 47.9. The second-order valence-electron chi connectivity index (χ2n) is 5.91. The predicted molar refractivity (Wildman–Crippen MR) is 107 cm³/mol. The van der Waals surface area contributed by atoms with Crippen LogP contribution in [0.2, 0.25) is 0 Å². The largest absolute Gasteiger partial charge is 0.324 e. The number of anilines is 3. The van der Waals surface area contributed by atoms with Crippen LogP contribution < -0.4 is 15.2 Å². The van der Waals surface area contributed by atoms with Gasteiger partial charge in [0.1, 0.15) is 0 Å². The fraction of sp³-hybridized carbons (Fsp3) is 0.0588. The molecule has 3 aromatic rings. The molecule has 28 heavy (non-hydrogen) atoms. The maximum absolute atomic E-state index is 11.5. The Kier molecular flexibility index (Phi) is 5.31. The van der Waals surface area contributed by atoms with E-state index in [4.69, 9.17) is 5.14 Å². The highest BCUT2D eigenvalue weighted by Crippen LogP contribution is 2.22. The third kappa shape index (κ3) is 5.25. The van der Waals surface area contributed by atoms with Crippen molar-refractivity contribution in [2.75, 3.05) is 16.3 Å². The third-order valence-electron chi connectivity index (χ3n) is 3.56. The van der Waals surface area contributed by atoms with Crippen LogP contribution in [0.3, 0.4) is 0 Å². The molecule has 1 heterocycles. The fourth-order valence-electron chi connectivity index (χ4n) is 2.38. The first-order valence-corrected chi connectivity index (χ1v) is 11.4. The van der Waals surface area contributed by atoms with Crippen LogP contribution in [0.1, 0.15) is 0 Å². The smallest absolute Gasteiger partial charge is 0.238 e. The molecule has 0 bridgehead atoms. The molecule has 0 fully saturated rings. The van der Waals surface area contributed by atoms with Crippen LogP contribution in [0, 0.1) is 0 Å². The first-order chi connectivity index (χ1) is 13.1. The molecule has 0 spiro atoms. The summed E-state index contributed by atoms with van der Waals surface area (Å²) in [6.07, 6.45) is 2.63. The van der Waals surface area contributed by atoms with E-state index in [1.807, 2.05) is 0 Å². The zero-order chi connectivity index (χ0) is 20.4. The maximum atomic E-state index is 11.5. The van der Waals surface area contributed by atoms with E-state index >= 15 is 0 Å². The molecule has 0 aliphatic heterocycles. The van der Waals surface area contributed by atoms with Gasteiger partial charge in [-0.2, -0.15) is 0 Å². The van der Waals surface area contributed by atoms with Crippen LogP contribution >= 0.6 is 0 Å². The Morgan fingerprint density at radius 3 is 2.29 bits per heavy atom. The Morgan fingerprint density at radius 1 is 0.929 bits per heavy atom. The van der Waals surface area contributed by atoms with Crippen LogP contribution in [0.4, 0.5) is 17.3 Å². The Bertz CT molecular complexity index is 1210. The zero-order valence-electron chi connectivity index (χ0n) is 14.7. The Morgan fingerprint density at radius 2 is 1.64 bits per heavy atom. The number of primary sulfonamides is 1. The van der Waals surface area contributed by atoms with E-state index in [2.05, 4.69) is 20.0 Å². The summed E-state index contributed by atoms with van der Waals surface area (Å²) in [5.74, 6) is 0.266. The molecule has 3 rings (SSSR count). The van der Waals surface area contributed by atoms with Crippen molar-refractivity contribution in [3.63, 3.8) is 0 Å². The highest BCUT2D eigenvalue weighted by Gasteiger charge is 2.09. The third-order valence-corrected chi connectivity index (χ3v) is 5.08. The maximum Gasteiger partial charge on any atom is 0.238 e. The number of benzene rings is 2. The molecule has 0 atom stereocenters. The van der Waals surface area contributed by atoms with Crippen molar-refractivity contribution in [3.8, 4) is 11.3 Å². The van der Waals surface area contributed by atoms with E-state index in [9.17, 15) is 16.8 Å². The topological polar surface area (TPSA) is 144 Å². The summed E-state index contributed by atoms with van der Waals surface area (Å²) in [6, 6.07) is 14.4. The molecule has 0 amide bonds. The van der Waals surface area contributed by atoms with E-state index in [0.29, 0.717) is 17.1 Å². The quantitative estimate of drug-likeness (QED) is 0.553. The lowest BCUT2D eigenvalue weighted by Gasteiger charge is -2.09. The zero-order valence-corrected chi connectivity index (χ0v) is 16.3. The highest BCUT2D eigenvalue weighted by atomic mass is 32.2. The predicted octanol–water partition coefficient (Wildman–Crippen LogP) is 1.91. The minimum Gasteiger partial charge on any atom is -0.324 e. The molecule has 0 aliphatic carbocycles. The van der Waals surface area contributed by atoms with Crippen molar-refractivity contribution in [1.29, 1.82) is 0 Å². The first-order valence-electron chi connectivity index (χ1n) is 7.91. The van der Waals surface area contributed by atoms with Gasteiger partial charge in [-0.1, -0.05) is 18.2 Å². The van der Waals surface area contributed by atoms with Gasteiger partial charge in [0.25, 0.3) is 0 Å². The van der Waals surface area contributed by atoms with Crippen LogP contribution in [0.25, 0.3) is 11.3 Å². The number of hydrogen-bond donors (Lipinski definition) is 3. The fourth-order valence-corrected chi connectivity index (χ4v) is 3.51. The normalized spacial score (nSPS) is 11.8. The second-order valence-corrected chi connectivity index (χ2v) is 9.22. The van der Waals surface area contributed by atoms with E-state index in [1.165, 1.54) is 12.1 Å². The second kappa shape index (κ2) is 7.54. The Hall–Kier alpha value is -3.02. The van der Waals surface area contributed by atoms with Crippen molar-refractivity contribution in [2.45, 2.75) is 4.90 Å². The highest BCUT2D eigenvalue weighted by molar-refractivity contribution is 7.92. The number of nitrogens with zero attached hydrogens (tertiary/aromatic N) is 2. The molecule has 11 heteroatoms. The summed E-state index contributed by atoms with van der Waals surface area (Å²) in [5.41, 5.74) is 2.27. The van der Waals surface area contributed by atoms with Gasteiger partial charge in [0.2, 0.25) is 26.0 Å². The Labute approximate surface area is 162 Å². The summed E-state index contributed by atoms with van der Waals surface area (Å²) in [6.45, 7) is 0. The minimum absolute atomic E-state index is 0.0254. The Balaban J connectivity index is 1.83. The van der Waals surface area contributed by atoms with Crippen molar-refractivity contribution in [1.82, 2.24) is 9.97 Å². The molecule has 146 valence electrons. The van der Waals surface area contributed by atoms with E-state index in [1.54, 1.807) is 48.7 Å². The van der Waals surface area contributed by atoms with Gasteiger partial charge in [-0.15, -0.1) is 0 Å². The molecule has 0 saturated heterocycles. The molecule has 0 radical (unpaired) electrons. The van der Waals surface area contributed by atoms with Gasteiger partial charge < -0.3 is 5.32 Å². The standard InChI is InChI=1S/C17H17N5O4S2/c1-27(23,24)22-13-7-5-12(6-8-13)16-9-10-19-17(21-16)20-14-3-2-4-15(11-14)28(18,25)26/h2-11,22H,1H3,(H2,18,25,26)(H,19,20,21). The van der Waals surface area contributed by atoms with Gasteiger partial charge in [-0.05, 0) is 36.4 Å². The first kappa shape index (κ1) is 19.7. The van der Waals surface area contributed by atoms with E-state index in [-0.39, 0.29) is 10.8 Å². The van der Waals surface area contributed by atoms with Gasteiger partial charge in [0, 0.05) is 23.1 Å². The lowest BCUT2D eigenvalue weighted by Crippen LogP contribution is -2.12. The van der Waals surface area contributed by atoms with Gasteiger partial charge in [0.05, 0.1) is 16.8 Å². The monoisotopic (exact) mass is 419 g/mol. The molecule has 0 aliphatic rings. The molecular formula is C17H17N5O4S2.